The maximum atomic E-state index is 14.9. The summed E-state index contributed by atoms with van der Waals surface area (Å²) in [7, 11) is -12.9. The van der Waals surface area contributed by atoms with Gasteiger partial charge < -0.3 is 19.3 Å². The third kappa shape index (κ3) is 8.58. The highest BCUT2D eigenvalue weighted by atomic mass is 32.2. The quantitative estimate of drug-likeness (QED) is 0.142. The molecule has 0 aliphatic rings. The van der Waals surface area contributed by atoms with E-state index in [0.717, 1.165) is 21.0 Å². The number of amides is 2. The van der Waals surface area contributed by atoms with Crippen LogP contribution in [0.3, 0.4) is 0 Å². The molecule has 0 bridgehead atoms. The van der Waals surface area contributed by atoms with Crippen molar-refractivity contribution in [3.63, 3.8) is 0 Å². The van der Waals surface area contributed by atoms with Gasteiger partial charge in [-0.15, -0.1) is 0 Å². The van der Waals surface area contributed by atoms with E-state index in [2.05, 4.69) is 4.74 Å². The lowest BCUT2D eigenvalue weighted by molar-refractivity contribution is -0.212. The fourth-order valence-corrected chi connectivity index (χ4v) is 4.57. The average molecular weight is 663 g/mol. The van der Waals surface area contributed by atoms with E-state index in [4.69, 9.17) is 13.8 Å². The van der Waals surface area contributed by atoms with Gasteiger partial charge in [0.1, 0.15) is 0 Å². The minimum Gasteiger partial charge on any atom is -0.383 e. The molecule has 0 saturated carbocycles. The van der Waals surface area contributed by atoms with Gasteiger partial charge in [-0.25, -0.2) is 8.78 Å². The van der Waals surface area contributed by atoms with Crippen LogP contribution in [0.4, 0.5) is 35.1 Å². The van der Waals surface area contributed by atoms with Gasteiger partial charge in [0.2, 0.25) is 0 Å². The monoisotopic (exact) mass is 662 g/mol. The van der Waals surface area contributed by atoms with Crippen molar-refractivity contribution in [1.82, 2.24) is 9.80 Å². The number of alkyl halides is 8. The van der Waals surface area contributed by atoms with Gasteiger partial charge >= 0.3 is 42.6 Å². The molecule has 4 atom stereocenters. The van der Waals surface area contributed by atoms with Crippen LogP contribution in [0.1, 0.15) is 33.6 Å². The number of halogens is 8. The van der Waals surface area contributed by atoms with Crippen LogP contribution < -0.4 is 0 Å². The zero-order chi connectivity index (χ0) is 32.8. The number of hydrogen-bond donors (Lipinski definition) is 2. The zero-order valence-corrected chi connectivity index (χ0v) is 23.6. The van der Waals surface area contributed by atoms with E-state index in [-0.39, 0.29) is 16.4 Å². The Morgan fingerprint density at radius 3 is 1.37 bits per heavy atom. The summed E-state index contributed by atoms with van der Waals surface area (Å²) in [6.07, 6.45) is -12.3. The van der Waals surface area contributed by atoms with E-state index in [0.29, 0.717) is 12.8 Å². The number of carbonyl (C=O) groups is 2. The number of carbonyl (C=O) groups excluding carboxylic acids is 2. The lowest BCUT2D eigenvalue weighted by Crippen LogP contribution is -2.64. The molecule has 2 amide bonds. The number of ether oxygens (including phenoxy) is 2. The number of nitrogens with zero attached hydrogens (tertiary/aromatic N) is 2. The smallest absolute Gasteiger partial charge is 0.383 e. The van der Waals surface area contributed by atoms with Gasteiger partial charge in [0.15, 0.2) is 0 Å². The molecule has 0 radical (unpaired) electrons. The van der Waals surface area contributed by atoms with Crippen LogP contribution in [0, 0.1) is 0 Å². The van der Waals surface area contributed by atoms with E-state index in [1.54, 1.807) is 6.92 Å². The van der Waals surface area contributed by atoms with Crippen LogP contribution in [0.5, 0.6) is 0 Å². The second-order valence-electron chi connectivity index (χ2n) is 8.72. The first kappa shape index (κ1) is 39.1. The minimum atomic E-state index is -6.92. The van der Waals surface area contributed by atoms with E-state index in [9.17, 15) is 61.5 Å². The first-order valence-electron chi connectivity index (χ1n) is 11.4. The standard InChI is InChI=1S/C19H30F8N2O10S2/c1-5-6-9-39-11-13(3)29(15(31)17(21,19(25,26)27)41(35,36)37)8-7-28(12(2)10-38-4)14(30)16(20,18(22,23)24)40(32,33)34/h12-13H,5-11H2,1-4H3,(H,32,33,34)(H,35,36,37). The van der Waals surface area contributed by atoms with Crippen molar-refractivity contribution >= 4 is 32.1 Å². The molecule has 0 fully saturated rings. The molecule has 12 nitrogen and oxygen atoms in total. The molecular formula is C19H30F8N2O10S2. The van der Waals surface area contributed by atoms with Crippen molar-refractivity contribution in [2.75, 3.05) is 40.0 Å². The van der Waals surface area contributed by atoms with Gasteiger partial charge in [-0.1, -0.05) is 13.3 Å². The maximum absolute atomic E-state index is 14.9. The summed E-state index contributed by atoms with van der Waals surface area (Å²) in [6.45, 7) is -1.12. The first-order valence-corrected chi connectivity index (χ1v) is 14.3. The highest BCUT2D eigenvalue weighted by Crippen LogP contribution is 2.41. The lowest BCUT2D eigenvalue weighted by atomic mass is 10.2. The van der Waals surface area contributed by atoms with Crippen LogP contribution in [0.2, 0.25) is 0 Å². The molecular weight excluding hydrogens is 632 g/mol. The molecule has 0 saturated heterocycles. The SMILES string of the molecule is CCCCOCC(C)N(CCN(C(=O)C(F)(C(F)(F)F)S(=O)(=O)O)C(C)COC)C(=O)C(F)(C(F)(F)F)S(=O)(=O)O. The second kappa shape index (κ2) is 14.1. The predicted octanol–water partition coefficient (Wildman–Crippen LogP) is 2.12. The largest absolute Gasteiger partial charge is 0.449 e. The van der Waals surface area contributed by atoms with Gasteiger partial charge in [0.25, 0.3) is 11.8 Å². The van der Waals surface area contributed by atoms with Gasteiger partial charge in [-0.2, -0.15) is 43.2 Å². The molecule has 22 heteroatoms. The molecule has 0 aromatic rings. The summed E-state index contributed by atoms with van der Waals surface area (Å²) >= 11 is 0. The maximum Gasteiger partial charge on any atom is 0.449 e. The van der Waals surface area contributed by atoms with Gasteiger partial charge in [0, 0.05) is 26.8 Å². The molecule has 244 valence electrons. The Morgan fingerprint density at radius 2 is 1.10 bits per heavy atom. The minimum absolute atomic E-state index is 0.0684. The van der Waals surface area contributed by atoms with Gasteiger partial charge in [-0.05, 0) is 20.3 Å². The van der Waals surface area contributed by atoms with Gasteiger partial charge in [0.05, 0.1) is 25.3 Å². The van der Waals surface area contributed by atoms with E-state index in [1.165, 1.54) is 0 Å². The Labute approximate surface area is 230 Å². The molecule has 41 heavy (non-hydrogen) atoms. The summed E-state index contributed by atoms with van der Waals surface area (Å²) in [4.78, 5) is 24.8. The van der Waals surface area contributed by atoms with Crippen molar-refractivity contribution in [3.8, 4) is 0 Å². The van der Waals surface area contributed by atoms with Gasteiger partial charge in [-0.3, -0.25) is 18.7 Å². The highest BCUT2D eigenvalue weighted by Gasteiger charge is 2.74. The molecule has 0 spiro atoms. The summed E-state index contributed by atoms with van der Waals surface area (Å²) < 4.78 is 183. The molecule has 0 aromatic carbocycles. The van der Waals surface area contributed by atoms with Crippen LogP contribution in [0.25, 0.3) is 0 Å². The van der Waals surface area contributed by atoms with Crippen molar-refractivity contribution in [3.05, 3.63) is 0 Å². The molecule has 4 unspecified atom stereocenters. The highest BCUT2D eigenvalue weighted by molar-refractivity contribution is 7.88. The van der Waals surface area contributed by atoms with E-state index in [1.807, 2.05) is 0 Å². The summed E-state index contributed by atoms with van der Waals surface area (Å²) in [5.74, 6) is -6.00. The number of unbranched alkanes of at least 4 members (excludes halogenated alkanes) is 1. The fourth-order valence-electron chi connectivity index (χ4n) is 3.31. The van der Waals surface area contributed by atoms with Crippen molar-refractivity contribution in [1.29, 1.82) is 0 Å². The Balaban J connectivity index is 6.86. The summed E-state index contributed by atoms with van der Waals surface area (Å²) in [6, 6.07) is -3.47. The molecule has 0 aliphatic carbocycles. The molecule has 0 heterocycles. The average Bonchev–Trinajstić information content (AvgIpc) is 2.79. The Bertz CT molecular complexity index is 1120. The normalized spacial score (nSPS) is 17.7. The molecule has 0 rings (SSSR count). The first-order chi connectivity index (χ1) is 18.3. The van der Waals surface area contributed by atoms with Crippen molar-refractivity contribution in [2.24, 2.45) is 0 Å². The predicted molar refractivity (Wildman–Crippen MR) is 123 cm³/mol. The van der Waals surface area contributed by atoms with Crippen molar-refractivity contribution < 1.29 is 80.1 Å². The third-order valence-electron chi connectivity index (χ3n) is 5.57. The number of hydrogen-bond acceptors (Lipinski definition) is 8. The van der Waals surface area contributed by atoms with Crippen LogP contribution in [-0.2, 0) is 39.3 Å². The van der Waals surface area contributed by atoms with Crippen molar-refractivity contribution in [2.45, 2.75) is 68.1 Å². The zero-order valence-electron chi connectivity index (χ0n) is 22.0. The van der Waals surface area contributed by atoms with E-state index >= 15 is 0 Å². The Hall–Kier alpha value is -1.88. The number of rotatable bonds is 16. The molecule has 0 aliphatic heterocycles. The summed E-state index contributed by atoms with van der Waals surface area (Å²) in [5.41, 5.74) is 0. The second-order valence-corrected chi connectivity index (χ2v) is 11.7. The summed E-state index contributed by atoms with van der Waals surface area (Å²) in [5, 5.41) is -12.0. The van der Waals surface area contributed by atoms with E-state index < -0.39 is 92.8 Å². The topological polar surface area (TPSA) is 168 Å². The lowest BCUT2D eigenvalue weighted by Gasteiger charge is -2.38. The van der Waals surface area contributed by atoms with Crippen LogP contribution >= 0.6 is 0 Å². The fraction of sp³-hybridized carbons (Fsp3) is 0.895. The van der Waals surface area contributed by atoms with Crippen LogP contribution in [0.15, 0.2) is 0 Å². The Morgan fingerprint density at radius 1 is 0.756 bits per heavy atom. The number of methoxy groups -OCH3 is 1. The van der Waals surface area contributed by atoms with Crippen LogP contribution in [-0.4, -0.2) is 122 Å². The molecule has 0 aromatic heterocycles. The Kier molecular flexibility index (Phi) is 13.4. The third-order valence-corrected chi connectivity index (χ3v) is 7.80. The molecule has 2 N–H and O–H groups in total.